The quantitative estimate of drug-likeness (QED) is 0.780. The highest BCUT2D eigenvalue weighted by molar-refractivity contribution is 7.92. The van der Waals surface area contributed by atoms with Crippen molar-refractivity contribution in [3.05, 3.63) is 59.1 Å². The summed E-state index contributed by atoms with van der Waals surface area (Å²) in [4.78, 5) is 14.3. The number of nitrogens with one attached hydrogen (secondary N) is 1. The predicted molar refractivity (Wildman–Crippen MR) is 109 cm³/mol. The summed E-state index contributed by atoms with van der Waals surface area (Å²) >= 11 is 5.80. The van der Waals surface area contributed by atoms with Crippen molar-refractivity contribution in [3.8, 4) is 0 Å². The molecule has 0 aliphatic carbocycles. The SMILES string of the molecule is Cl.NC1CCN(C(=O)c2ccc(S(=O)(=O)Nc3ccc(Cl)cc3)cc2)CC1. The van der Waals surface area contributed by atoms with E-state index < -0.39 is 10.0 Å². The highest BCUT2D eigenvalue weighted by Gasteiger charge is 2.22. The zero-order valence-electron chi connectivity index (χ0n) is 14.5. The second kappa shape index (κ2) is 8.93. The molecular formula is C18H21Cl2N3O3S. The van der Waals surface area contributed by atoms with Crippen molar-refractivity contribution < 1.29 is 13.2 Å². The molecule has 1 aliphatic heterocycles. The third-order valence-electron chi connectivity index (χ3n) is 4.33. The van der Waals surface area contributed by atoms with Crippen LogP contribution in [0.1, 0.15) is 23.2 Å². The van der Waals surface area contributed by atoms with E-state index in [0.29, 0.717) is 29.4 Å². The number of nitrogens with two attached hydrogens (primary N) is 1. The number of hydrogen-bond donors (Lipinski definition) is 2. The number of amides is 1. The monoisotopic (exact) mass is 429 g/mol. The number of carbonyl (C=O) groups excluding carboxylic acids is 1. The number of rotatable bonds is 4. The van der Waals surface area contributed by atoms with Crippen molar-refractivity contribution >= 4 is 45.6 Å². The van der Waals surface area contributed by atoms with Gasteiger partial charge < -0.3 is 10.6 Å². The third kappa shape index (κ3) is 5.35. The van der Waals surface area contributed by atoms with E-state index in [1.54, 1.807) is 29.2 Å². The number of sulfonamides is 1. The van der Waals surface area contributed by atoms with E-state index >= 15 is 0 Å². The number of hydrogen-bond acceptors (Lipinski definition) is 4. The van der Waals surface area contributed by atoms with Gasteiger partial charge in [-0.25, -0.2) is 8.42 Å². The van der Waals surface area contributed by atoms with Crippen LogP contribution in [-0.2, 0) is 10.0 Å². The van der Waals surface area contributed by atoms with Crippen LogP contribution >= 0.6 is 24.0 Å². The van der Waals surface area contributed by atoms with Crippen LogP contribution in [0, 0.1) is 0 Å². The molecule has 0 unspecified atom stereocenters. The summed E-state index contributed by atoms with van der Waals surface area (Å²) in [6.07, 6.45) is 1.56. The fourth-order valence-electron chi connectivity index (χ4n) is 2.79. The minimum Gasteiger partial charge on any atom is -0.339 e. The number of likely N-dealkylation sites (tertiary alicyclic amines) is 1. The molecule has 6 nitrogen and oxygen atoms in total. The molecule has 0 radical (unpaired) electrons. The zero-order chi connectivity index (χ0) is 18.7. The van der Waals surface area contributed by atoms with Gasteiger partial charge in [0.05, 0.1) is 4.90 Å². The first-order chi connectivity index (χ1) is 12.3. The maximum atomic E-state index is 12.5. The fraction of sp³-hybridized carbons (Fsp3) is 0.278. The molecule has 0 saturated carbocycles. The standard InChI is InChI=1S/C18H20ClN3O3S.ClH/c19-14-3-5-16(6-4-14)21-26(24,25)17-7-1-13(2-8-17)18(23)22-11-9-15(20)10-12-22;/h1-8,15,21H,9-12,20H2;1H. The molecule has 9 heteroatoms. The Morgan fingerprint density at radius 1 is 1.04 bits per heavy atom. The molecule has 1 amide bonds. The van der Waals surface area contributed by atoms with Gasteiger partial charge in [0.1, 0.15) is 0 Å². The highest BCUT2D eigenvalue weighted by Crippen LogP contribution is 2.20. The summed E-state index contributed by atoms with van der Waals surface area (Å²) in [5.74, 6) is -0.105. The van der Waals surface area contributed by atoms with Gasteiger partial charge in [-0.3, -0.25) is 9.52 Å². The van der Waals surface area contributed by atoms with Crippen molar-refractivity contribution in [2.75, 3.05) is 17.8 Å². The van der Waals surface area contributed by atoms with Gasteiger partial charge in [-0.1, -0.05) is 11.6 Å². The number of piperidine rings is 1. The van der Waals surface area contributed by atoms with Crippen molar-refractivity contribution in [3.63, 3.8) is 0 Å². The number of nitrogens with zero attached hydrogens (tertiary/aromatic N) is 1. The van der Waals surface area contributed by atoms with E-state index in [-0.39, 0.29) is 29.3 Å². The Hall–Kier alpha value is -1.80. The van der Waals surface area contributed by atoms with Gasteiger partial charge in [0.25, 0.3) is 15.9 Å². The van der Waals surface area contributed by atoms with E-state index in [9.17, 15) is 13.2 Å². The third-order valence-corrected chi connectivity index (χ3v) is 5.98. The molecule has 0 atom stereocenters. The Bertz CT molecular complexity index is 879. The average molecular weight is 430 g/mol. The summed E-state index contributed by atoms with van der Waals surface area (Å²) in [7, 11) is -3.74. The Labute approximate surface area is 170 Å². The summed E-state index contributed by atoms with van der Waals surface area (Å²) in [6.45, 7) is 1.25. The van der Waals surface area contributed by atoms with Gasteiger partial charge >= 0.3 is 0 Å². The van der Waals surface area contributed by atoms with Crippen LogP contribution in [0.2, 0.25) is 5.02 Å². The Balaban J connectivity index is 0.00000261. The normalized spacial score (nSPS) is 15.1. The number of halogens is 2. The Morgan fingerprint density at radius 3 is 2.15 bits per heavy atom. The molecule has 2 aromatic rings. The fourth-order valence-corrected chi connectivity index (χ4v) is 3.98. The molecule has 27 heavy (non-hydrogen) atoms. The van der Waals surface area contributed by atoms with Crippen LogP contribution in [-0.4, -0.2) is 38.4 Å². The molecule has 1 fully saturated rings. The lowest BCUT2D eigenvalue weighted by Crippen LogP contribution is -2.42. The number of carbonyl (C=O) groups is 1. The molecule has 1 aliphatic rings. The topological polar surface area (TPSA) is 92.5 Å². The van der Waals surface area contributed by atoms with Gasteiger partial charge in [-0.05, 0) is 61.4 Å². The van der Waals surface area contributed by atoms with Crippen LogP contribution in [0.15, 0.2) is 53.4 Å². The molecule has 146 valence electrons. The Morgan fingerprint density at radius 2 is 1.59 bits per heavy atom. The average Bonchev–Trinajstić information content (AvgIpc) is 2.64. The Kier molecular flexibility index (Phi) is 7.11. The summed E-state index contributed by atoms with van der Waals surface area (Å²) in [6, 6.07) is 12.4. The van der Waals surface area contributed by atoms with E-state index in [1.165, 1.54) is 24.3 Å². The minimum atomic E-state index is -3.74. The van der Waals surface area contributed by atoms with Crippen molar-refractivity contribution in [2.45, 2.75) is 23.8 Å². The van der Waals surface area contributed by atoms with Crippen LogP contribution in [0.25, 0.3) is 0 Å². The van der Waals surface area contributed by atoms with E-state index in [4.69, 9.17) is 17.3 Å². The molecule has 0 bridgehead atoms. The molecule has 3 rings (SSSR count). The van der Waals surface area contributed by atoms with Crippen molar-refractivity contribution in [2.24, 2.45) is 5.73 Å². The lowest BCUT2D eigenvalue weighted by molar-refractivity contribution is 0.0714. The second-order valence-electron chi connectivity index (χ2n) is 6.27. The first kappa shape index (κ1) is 21.5. The van der Waals surface area contributed by atoms with Crippen LogP contribution < -0.4 is 10.5 Å². The maximum absolute atomic E-state index is 12.5. The summed E-state index contributed by atoms with van der Waals surface area (Å²) in [5.41, 5.74) is 6.74. The van der Waals surface area contributed by atoms with Crippen molar-refractivity contribution in [1.82, 2.24) is 4.90 Å². The van der Waals surface area contributed by atoms with Crippen LogP contribution in [0.4, 0.5) is 5.69 Å². The van der Waals surface area contributed by atoms with E-state index in [1.807, 2.05) is 0 Å². The van der Waals surface area contributed by atoms with Gasteiger partial charge in [0, 0.05) is 35.4 Å². The molecule has 1 saturated heterocycles. The van der Waals surface area contributed by atoms with E-state index in [0.717, 1.165) is 12.8 Å². The molecular weight excluding hydrogens is 409 g/mol. The van der Waals surface area contributed by atoms with Gasteiger partial charge in [-0.2, -0.15) is 0 Å². The summed E-state index contributed by atoms with van der Waals surface area (Å²) < 4.78 is 27.4. The zero-order valence-corrected chi connectivity index (χ0v) is 16.9. The predicted octanol–water partition coefficient (Wildman–Crippen LogP) is 3.13. The van der Waals surface area contributed by atoms with Gasteiger partial charge in [-0.15, -0.1) is 12.4 Å². The molecule has 0 spiro atoms. The van der Waals surface area contributed by atoms with Gasteiger partial charge in [0.2, 0.25) is 0 Å². The summed E-state index contributed by atoms with van der Waals surface area (Å²) in [5, 5.41) is 0.523. The number of benzene rings is 2. The highest BCUT2D eigenvalue weighted by atomic mass is 35.5. The minimum absolute atomic E-state index is 0. The largest absolute Gasteiger partial charge is 0.339 e. The first-order valence-corrected chi connectivity index (χ1v) is 10.1. The second-order valence-corrected chi connectivity index (χ2v) is 8.39. The lowest BCUT2D eigenvalue weighted by Gasteiger charge is -2.30. The first-order valence-electron chi connectivity index (χ1n) is 8.28. The van der Waals surface area contributed by atoms with Crippen molar-refractivity contribution in [1.29, 1.82) is 0 Å². The van der Waals surface area contributed by atoms with E-state index in [2.05, 4.69) is 4.72 Å². The van der Waals surface area contributed by atoms with Crippen LogP contribution in [0.5, 0.6) is 0 Å². The van der Waals surface area contributed by atoms with Gasteiger partial charge in [0.15, 0.2) is 0 Å². The molecule has 3 N–H and O–H groups in total. The molecule has 1 heterocycles. The van der Waals surface area contributed by atoms with Crippen LogP contribution in [0.3, 0.4) is 0 Å². The molecule has 0 aromatic heterocycles. The number of anilines is 1. The maximum Gasteiger partial charge on any atom is 0.261 e. The lowest BCUT2D eigenvalue weighted by atomic mass is 10.1. The smallest absolute Gasteiger partial charge is 0.261 e. The molecule has 2 aromatic carbocycles.